The van der Waals surface area contributed by atoms with E-state index >= 15 is 0 Å². The van der Waals surface area contributed by atoms with Crippen molar-refractivity contribution in [3.8, 4) is 0 Å². The van der Waals surface area contributed by atoms with E-state index < -0.39 is 0 Å². The fourth-order valence-corrected chi connectivity index (χ4v) is 9.35. The fraction of sp³-hybridized carbons (Fsp3) is 0.759. The van der Waals surface area contributed by atoms with E-state index in [-0.39, 0.29) is 39.1 Å². The van der Waals surface area contributed by atoms with Crippen LogP contribution in [0.1, 0.15) is 86.5 Å². The van der Waals surface area contributed by atoms with Crippen LogP contribution in [0.25, 0.3) is 0 Å². The normalized spacial score (nSPS) is 47.7. The standard InChI is InChI=1S/C29H43IO3/c1-20(30)10-8-7-9-14-26(4)15-11-22-27(5)16-13-23(31)25(2,3)21(27)12-17-28(22,6)29(26)18-24(32)33-19-29/h7-10,14,21-23,31H,11-13,15-19H2,1-6H3/b8-7+,14-9+,20-10+/t21?,22?,23?,26-,27-,28+,29-/m0/s1. The van der Waals surface area contributed by atoms with Crippen molar-refractivity contribution in [1.29, 1.82) is 0 Å². The maximum atomic E-state index is 12.7. The third kappa shape index (κ3) is 3.72. The van der Waals surface area contributed by atoms with Gasteiger partial charge in [0.2, 0.25) is 0 Å². The third-order valence-corrected chi connectivity index (χ3v) is 11.5. The van der Waals surface area contributed by atoms with Crippen LogP contribution in [0.4, 0.5) is 0 Å². The highest BCUT2D eigenvalue weighted by atomic mass is 127. The van der Waals surface area contributed by atoms with Crippen LogP contribution in [0.15, 0.2) is 34.0 Å². The van der Waals surface area contributed by atoms with E-state index in [1.807, 2.05) is 0 Å². The lowest BCUT2D eigenvalue weighted by Crippen LogP contribution is -2.67. The Bertz CT molecular complexity index is 883. The van der Waals surface area contributed by atoms with Crippen LogP contribution in [-0.2, 0) is 9.53 Å². The van der Waals surface area contributed by atoms with Gasteiger partial charge in [-0.05, 0) is 105 Å². The number of halogens is 1. The Morgan fingerprint density at radius 3 is 2.33 bits per heavy atom. The summed E-state index contributed by atoms with van der Waals surface area (Å²) in [5, 5.41) is 10.9. The number of allylic oxidation sites excluding steroid dienone is 6. The minimum Gasteiger partial charge on any atom is -0.465 e. The molecule has 184 valence electrons. The van der Waals surface area contributed by atoms with E-state index in [1.165, 1.54) is 10.0 Å². The van der Waals surface area contributed by atoms with Gasteiger partial charge in [0.05, 0.1) is 19.1 Å². The molecule has 4 rings (SSSR count). The minimum absolute atomic E-state index is 0.0258. The first-order chi connectivity index (χ1) is 15.3. The SMILES string of the molecule is C\C(I)=C/C=C/C=C/[C@@]1(C)CCC2[C@@]3(C)CCC(O)C(C)(C)C3CC[C@@]2(C)[C@@]12COC(=O)C2. The maximum Gasteiger partial charge on any atom is 0.306 e. The average molecular weight is 567 g/mol. The molecule has 0 bridgehead atoms. The van der Waals surface area contributed by atoms with Crippen molar-refractivity contribution >= 4 is 28.6 Å². The number of cyclic esters (lactones) is 1. The Morgan fingerprint density at radius 1 is 1.00 bits per heavy atom. The molecule has 3 aliphatic carbocycles. The molecule has 3 unspecified atom stereocenters. The lowest BCUT2D eigenvalue weighted by atomic mass is 9.33. The Hall–Kier alpha value is -0.620. The molecule has 1 N–H and O–H groups in total. The quantitative estimate of drug-likeness (QED) is 0.220. The molecule has 3 nitrogen and oxygen atoms in total. The second-order valence-electron chi connectivity index (χ2n) is 12.8. The molecule has 4 aliphatic rings. The van der Waals surface area contributed by atoms with Crippen molar-refractivity contribution in [2.24, 2.45) is 38.9 Å². The Balaban J connectivity index is 1.74. The molecule has 0 aromatic carbocycles. The number of ether oxygens (including phenoxy) is 1. The molecule has 1 saturated heterocycles. The van der Waals surface area contributed by atoms with Gasteiger partial charge in [-0.3, -0.25) is 4.79 Å². The largest absolute Gasteiger partial charge is 0.465 e. The number of hydrogen-bond acceptors (Lipinski definition) is 3. The van der Waals surface area contributed by atoms with Crippen molar-refractivity contribution in [2.45, 2.75) is 92.6 Å². The second kappa shape index (κ2) is 8.50. The van der Waals surface area contributed by atoms with E-state index in [0.717, 1.165) is 32.1 Å². The van der Waals surface area contributed by atoms with Gasteiger partial charge in [0, 0.05) is 5.41 Å². The van der Waals surface area contributed by atoms with E-state index in [2.05, 4.69) is 94.5 Å². The summed E-state index contributed by atoms with van der Waals surface area (Å²) in [5.41, 5.74) is -0.0675. The van der Waals surface area contributed by atoms with E-state index in [4.69, 9.17) is 4.74 Å². The first-order valence-electron chi connectivity index (χ1n) is 12.8. The van der Waals surface area contributed by atoms with Gasteiger partial charge in [-0.1, -0.05) is 65.0 Å². The molecule has 33 heavy (non-hydrogen) atoms. The van der Waals surface area contributed by atoms with Crippen molar-refractivity contribution in [2.75, 3.05) is 6.61 Å². The van der Waals surface area contributed by atoms with Gasteiger partial charge in [-0.15, -0.1) is 0 Å². The van der Waals surface area contributed by atoms with Crippen LogP contribution >= 0.6 is 22.6 Å². The van der Waals surface area contributed by atoms with Gasteiger partial charge in [0.25, 0.3) is 0 Å². The van der Waals surface area contributed by atoms with Crippen LogP contribution in [0, 0.1) is 38.9 Å². The number of aliphatic hydroxyl groups is 1. The van der Waals surface area contributed by atoms with Crippen LogP contribution in [-0.4, -0.2) is 23.8 Å². The van der Waals surface area contributed by atoms with E-state index in [9.17, 15) is 9.90 Å². The number of esters is 1. The van der Waals surface area contributed by atoms with Crippen LogP contribution in [0.3, 0.4) is 0 Å². The number of fused-ring (bicyclic) bond motifs is 4. The number of carbonyl (C=O) groups is 1. The zero-order valence-electron chi connectivity index (χ0n) is 21.4. The summed E-state index contributed by atoms with van der Waals surface area (Å²) in [6.45, 7) is 14.6. The topological polar surface area (TPSA) is 46.5 Å². The smallest absolute Gasteiger partial charge is 0.306 e. The molecule has 4 fully saturated rings. The fourth-order valence-electron chi connectivity index (χ4n) is 9.15. The first kappa shape index (κ1) is 25.5. The van der Waals surface area contributed by atoms with E-state index in [0.29, 0.717) is 24.9 Å². The molecule has 0 aromatic heterocycles. The zero-order chi connectivity index (χ0) is 24.3. The number of aliphatic hydroxyl groups excluding tert-OH is 1. The molecule has 1 aliphatic heterocycles. The second-order valence-corrected chi connectivity index (χ2v) is 14.5. The summed E-state index contributed by atoms with van der Waals surface area (Å²) in [6.07, 6.45) is 17.7. The van der Waals surface area contributed by atoms with Crippen molar-refractivity contribution < 1.29 is 14.6 Å². The molecule has 7 atom stereocenters. The molecule has 1 heterocycles. The highest BCUT2D eigenvalue weighted by Gasteiger charge is 2.72. The summed E-state index contributed by atoms with van der Waals surface area (Å²) in [4.78, 5) is 12.7. The van der Waals surface area contributed by atoms with E-state index in [1.54, 1.807) is 0 Å². The molecule has 1 spiro atoms. The summed E-state index contributed by atoms with van der Waals surface area (Å²) in [6, 6.07) is 0. The molecular formula is C29H43IO3. The van der Waals surface area contributed by atoms with Crippen molar-refractivity contribution in [1.82, 2.24) is 0 Å². The maximum absolute atomic E-state index is 12.7. The summed E-state index contributed by atoms with van der Waals surface area (Å²) in [5.74, 6) is 1.04. The molecule has 4 heteroatoms. The Kier molecular flexibility index (Phi) is 6.56. The molecular weight excluding hydrogens is 523 g/mol. The summed E-state index contributed by atoms with van der Waals surface area (Å²) >= 11 is 2.33. The van der Waals surface area contributed by atoms with Gasteiger partial charge in [-0.25, -0.2) is 0 Å². The Morgan fingerprint density at radius 2 is 1.70 bits per heavy atom. The minimum atomic E-state index is -0.214. The number of carbonyl (C=O) groups excluding carboxylic acids is 1. The highest BCUT2D eigenvalue weighted by Crippen LogP contribution is 2.76. The van der Waals surface area contributed by atoms with Gasteiger partial charge >= 0.3 is 5.97 Å². The van der Waals surface area contributed by atoms with Gasteiger partial charge in [0.15, 0.2) is 0 Å². The van der Waals surface area contributed by atoms with Gasteiger partial charge in [-0.2, -0.15) is 0 Å². The number of rotatable bonds is 3. The molecule has 0 radical (unpaired) electrons. The van der Waals surface area contributed by atoms with Gasteiger partial charge < -0.3 is 9.84 Å². The first-order valence-corrected chi connectivity index (χ1v) is 13.9. The summed E-state index contributed by atoms with van der Waals surface area (Å²) in [7, 11) is 0. The number of hydrogen-bond donors (Lipinski definition) is 1. The predicted molar refractivity (Wildman–Crippen MR) is 143 cm³/mol. The monoisotopic (exact) mass is 566 g/mol. The molecule has 3 saturated carbocycles. The predicted octanol–water partition coefficient (Wildman–Crippen LogP) is 7.39. The Labute approximate surface area is 214 Å². The lowest BCUT2D eigenvalue weighted by molar-refractivity contribution is -0.237. The van der Waals surface area contributed by atoms with Crippen molar-refractivity contribution in [3.63, 3.8) is 0 Å². The zero-order valence-corrected chi connectivity index (χ0v) is 23.6. The van der Waals surface area contributed by atoms with Crippen LogP contribution in [0.2, 0.25) is 0 Å². The molecule has 0 aromatic rings. The summed E-state index contributed by atoms with van der Waals surface area (Å²) < 4.78 is 7.06. The van der Waals surface area contributed by atoms with Crippen LogP contribution < -0.4 is 0 Å². The van der Waals surface area contributed by atoms with Gasteiger partial charge in [0.1, 0.15) is 0 Å². The lowest BCUT2D eigenvalue weighted by Gasteiger charge is -2.71. The van der Waals surface area contributed by atoms with Crippen LogP contribution in [0.5, 0.6) is 0 Å². The average Bonchev–Trinajstić information content (AvgIpc) is 3.13. The molecule has 0 amide bonds. The highest BCUT2D eigenvalue weighted by molar-refractivity contribution is 14.1. The van der Waals surface area contributed by atoms with Crippen molar-refractivity contribution in [3.05, 3.63) is 34.0 Å². The third-order valence-electron chi connectivity index (χ3n) is 11.1.